The van der Waals surface area contributed by atoms with Crippen LogP contribution in [-0.2, 0) is 22.5 Å². The number of aryl methyl sites for hydroxylation is 1. The molecule has 48 heavy (non-hydrogen) atoms. The van der Waals surface area contributed by atoms with Crippen molar-refractivity contribution in [2.75, 3.05) is 7.05 Å². The number of hydrogen-bond donors (Lipinski definition) is 3. The smallest absolute Gasteiger partial charge is 0.408 e. The minimum absolute atomic E-state index is 0.0761. The Balaban J connectivity index is 1.55. The van der Waals surface area contributed by atoms with Crippen molar-refractivity contribution in [1.29, 1.82) is 0 Å². The fourth-order valence-electron chi connectivity index (χ4n) is 4.87. The highest BCUT2D eigenvalue weighted by atomic mass is 32.1. The van der Waals surface area contributed by atoms with Crippen molar-refractivity contribution in [1.82, 2.24) is 26.1 Å². The van der Waals surface area contributed by atoms with Gasteiger partial charge >= 0.3 is 6.09 Å². The number of carbonyl (C=O) groups is 4. The van der Waals surface area contributed by atoms with Gasteiger partial charge in [-0.25, -0.2) is 9.78 Å². The Kier molecular flexibility index (Phi) is 11.9. The lowest BCUT2D eigenvalue weighted by molar-refractivity contribution is -0.128. The van der Waals surface area contributed by atoms with Crippen LogP contribution in [0.1, 0.15) is 69.7 Å². The quantitative estimate of drug-likeness (QED) is 0.166. The zero-order valence-corrected chi connectivity index (χ0v) is 28.6. The summed E-state index contributed by atoms with van der Waals surface area (Å²) < 4.78 is 5.55. The van der Waals surface area contributed by atoms with Gasteiger partial charge in [0.2, 0.25) is 0 Å². The molecular formula is C37H41N5O5S. The Bertz CT molecular complexity index is 1750. The maximum Gasteiger partial charge on any atom is 0.408 e. The zero-order valence-electron chi connectivity index (χ0n) is 27.8. The van der Waals surface area contributed by atoms with Crippen LogP contribution in [0.2, 0.25) is 0 Å². The molecule has 0 fully saturated rings. The molecule has 4 aromatic rings. The fourth-order valence-corrected chi connectivity index (χ4v) is 5.69. The first-order valence-electron chi connectivity index (χ1n) is 15.5. The lowest BCUT2D eigenvalue weighted by Gasteiger charge is -2.33. The molecular weight excluding hydrogens is 627 g/mol. The van der Waals surface area contributed by atoms with E-state index in [2.05, 4.69) is 21.2 Å². The molecule has 11 heteroatoms. The second-order valence-electron chi connectivity index (χ2n) is 12.4. The van der Waals surface area contributed by atoms with Gasteiger partial charge in [0, 0.05) is 35.7 Å². The molecule has 0 spiro atoms. The van der Waals surface area contributed by atoms with Crippen LogP contribution in [0.3, 0.4) is 0 Å². The van der Waals surface area contributed by atoms with Crippen molar-refractivity contribution in [2.24, 2.45) is 0 Å². The molecule has 3 N–H and O–H groups in total. The SMILES string of the molecule is Cc1csc(CN(C)C(=O)c2cccc(C(=O)NNC(=O)C(CC=Cc3ccccc3)(Cc3ccccc3)NC(=O)OC(C)(C)C)c2)n1. The Morgan fingerprint density at radius 3 is 2.21 bits per heavy atom. The van der Waals surface area contributed by atoms with Gasteiger partial charge in [-0.15, -0.1) is 11.3 Å². The van der Waals surface area contributed by atoms with Crippen LogP contribution < -0.4 is 16.2 Å². The molecule has 0 saturated heterocycles. The van der Waals surface area contributed by atoms with Gasteiger partial charge in [-0.3, -0.25) is 25.2 Å². The standard InChI is InChI=1S/C37H41N5O5S/c1-26-25-48-31(38-26)24-42(5)33(44)30-20-12-19-29(22-30)32(43)40-41-34(45)37(23-28-16-10-7-11-17-28,39-35(46)47-36(2,3)4)21-13-18-27-14-8-6-9-15-27/h6-20,22,25H,21,23-24H2,1-5H3,(H,39,46)(H,40,43)(H,41,45). The summed E-state index contributed by atoms with van der Waals surface area (Å²) in [6.07, 6.45) is 3.05. The Morgan fingerprint density at radius 2 is 1.56 bits per heavy atom. The molecule has 0 aliphatic heterocycles. The van der Waals surface area contributed by atoms with Gasteiger partial charge in [0.15, 0.2) is 0 Å². The number of rotatable bonds is 11. The molecule has 0 aliphatic rings. The van der Waals surface area contributed by atoms with Crippen molar-refractivity contribution in [3.05, 3.63) is 129 Å². The third-order valence-corrected chi connectivity index (χ3v) is 8.10. The number of nitrogens with zero attached hydrogens (tertiary/aromatic N) is 2. The predicted molar refractivity (Wildman–Crippen MR) is 187 cm³/mol. The summed E-state index contributed by atoms with van der Waals surface area (Å²) in [5, 5.41) is 5.54. The molecule has 3 aromatic carbocycles. The summed E-state index contributed by atoms with van der Waals surface area (Å²) in [5.74, 6) is -1.58. The van der Waals surface area contributed by atoms with E-state index in [4.69, 9.17) is 4.74 Å². The van der Waals surface area contributed by atoms with Gasteiger partial charge in [-0.05, 0) is 63.4 Å². The second kappa shape index (κ2) is 16.0. The van der Waals surface area contributed by atoms with Gasteiger partial charge in [0.1, 0.15) is 16.1 Å². The normalized spacial score (nSPS) is 12.5. The summed E-state index contributed by atoms with van der Waals surface area (Å²) in [6, 6.07) is 25.0. The summed E-state index contributed by atoms with van der Waals surface area (Å²) in [4.78, 5) is 59.6. The molecule has 1 unspecified atom stereocenters. The van der Waals surface area contributed by atoms with Crippen molar-refractivity contribution >= 4 is 41.2 Å². The lowest BCUT2D eigenvalue weighted by atomic mass is 9.86. The van der Waals surface area contributed by atoms with Gasteiger partial charge in [-0.1, -0.05) is 78.9 Å². The molecule has 0 saturated carbocycles. The van der Waals surface area contributed by atoms with Crippen LogP contribution in [0.25, 0.3) is 6.08 Å². The molecule has 250 valence electrons. The average molecular weight is 668 g/mol. The molecule has 0 bridgehead atoms. The number of aromatic nitrogens is 1. The topological polar surface area (TPSA) is 130 Å². The van der Waals surface area contributed by atoms with Gasteiger partial charge < -0.3 is 15.0 Å². The molecule has 10 nitrogen and oxygen atoms in total. The summed E-state index contributed by atoms with van der Waals surface area (Å²) in [7, 11) is 1.67. The van der Waals surface area contributed by atoms with Crippen molar-refractivity contribution in [3.8, 4) is 0 Å². The molecule has 4 amide bonds. The van der Waals surface area contributed by atoms with E-state index in [1.54, 1.807) is 52.1 Å². The van der Waals surface area contributed by atoms with E-state index >= 15 is 0 Å². The van der Waals surface area contributed by atoms with Crippen LogP contribution in [0.15, 0.2) is 96.4 Å². The number of hydrazine groups is 1. The Labute approximate surface area is 285 Å². The van der Waals surface area contributed by atoms with Crippen LogP contribution in [-0.4, -0.2) is 51.9 Å². The third kappa shape index (κ3) is 10.4. The highest BCUT2D eigenvalue weighted by Gasteiger charge is 2.41. The summed E-state index contributed by atoms with van der Waals surface area (Å²) in [6.45, 7) is 7.42. The minimum atomic E-state index is -1.56. The molecule has 1 heterocycles. The van der Waals surface area contributed by atoms with Gasteiger partial charge in [-0.2, -0.15) is 0 Å². The van der Waals surface area contributed by atoms with E-state index in [0.717, 1.165) is 21.8 Å². The van der Waals surface area contributed by atoms with Crippen molar-refractivity contribution < 1.29 is 23.9 Å². The van der Waals surface area contributed by atoms with E-state index < -0.39 is 29.0 Å². The largest absolute Gasteiger partial charge is 0.444 e. The maximum atomic E-state index is 14.1. The molecule has 1 aromatic heterocycles. The first-order chi connectivity index (χ1) is 22.8. The fraction of sp³-hybridized carbons (Fsp3) is 0.270. The number of benzene rings is 3. The predicted octanol–water partition coefficient (Wildman–Crippen LogP) is 6.09. The highest BCUT2D eigenvalue weighted by molar-refractivity contribution is 7.09. The summed E-state index contributed by atoms with van der Waals surface area (Å²) in [5.41, 5.74) is 5.67. The van der Waals surface area contributed by atoms with E-state index in [9.17, 15) is 19.2 Å². The van der Waals surface area contributed by atoms with Crippen LogP contribution in [0.4, 0.5) is 4.79 Å². The molecule has 1 atom stereocenters. The number of ether oxygens (including phenoxy) is 1. The summed E-state index contributed by atoms with van der Waals surface area (Å²) >= 11 is 1.47. The number of nitrogens with one attached hydrogen (secondary N) is 3. The minimum Gasteiger partial charge on any atom is -0.444 e. The average Bonchev–Trinajstić information content (AvgIpc) is 3.47. The van der Waals surface area contributed by atoms with E-state index in [1.807, 2.05) is 79.0 Å². The first kappa shape index (κ1) is 35.6. The van der Waals surface area contributed by atoms with Crippen molar-refractivity contribution in [2.45, 2.75) is 58.2 Å². The lowest BCUT2D eigenvalue weighted by Crippen LogP contribution is -2.63. The molecule has 0 aliphatic carbocycles. The number of carbonyl (C=O) groups excluding carboxylic acids is 4. The molecule has 0 radical (unpaired) electrons. The van der Waals surface area contributed by atoms with Crippen LogP contribution >= 0.6 is 11.3 Å². The Morgan fingerprint density at radius 1 is 0.896 bits per heavy atom. The van der Waals surface area contributed by atoms with E-state index in [-0.39, 0.29) is 24.3 Å². The van der Waals surface area contributed by atoms with Crippen LogP contribution in [0.5, 0.6) is 0 Å². The van der Waals surface area contributed by atoms with Gasteiger partial charge in [0.25, 0.3) is 17.7 Å². The monoisotopic (exact) mass is 667 g/mol. The van der Waals surface area contributed by atoms with Crippen LogP contribution in [0, 0.1) is 6.92 Å². The van der Waals surface area contributed by atoms with Crippen molar-refractivity contribution in [3.63, 3.8) is 0 Å². The number of hydrogen-bond acceptors (Lipinski definition) is 7. The number of amides is 4. The molecule has 4 rings (SSSR count). The maximum absolute atomic E-state index is 14.1. The van der Waals surface area contributed by atoms with E-state index in [1.165, 1.54) is 22.3 Å². The first-order valence-corrected chi connectivity index (χ1v) is 16.4. The third-order valence-electron chi connectivity index (χ3n) is 7.15. The zero-order chi connectivity index (χ0) is 34.7. The number of alkyl carbamates (subject to hydrolysis) is 1. The second-order valence-corrected chi connectivity index (χ2v) is 13.4. The number of thiazole rings is 1. The van der Waals surface area contributed by atoms with Gasteiger partial charge in [0.05, 0.1) is 6.54 Å². The van der Waals surface area contributed by atoms with E-state index in [0.29, 0.717) is 12.1 Å². The highest BCUT2D eigenvalue weighted by Crippen LogP contribution is 2.22. The Hall–Kier alpha value is -5.29.